The van der Waals surface area contributed by atoms with Gasteiger partial charge in [-0.15, -0.1) is 12.8 Å². The van der Waals surface area contributed by atoms with Crippen molar-refractivity contribution in [3.8, 4) is 35.8 Å². The SMILES string of the molecule is C#Cc1cccc(NC(=O)c2ccc3c(c2)C(=O)N(c2ccc(C4(c5ccc(N6C(=O)c7ccc(C(=O)Nc8cccc(C#C)c8)cc7C6=O)cc5)c5ccccc5-c5ccccc54)cc2)C3=O)c1. The maximum absolute atomic E-state index is 14.0. The van der Waals surface area contributed by atoms with Gasteiger partial charge in [-0.25, -0.2) is 9.80 Å². The van der Waals surface area contributed by atoms with Gasteiger partial charge in [0, 0.05) is 33.6 Å². The number of hydrogen-bond acceptors (Lipinski definition) is 6. The lowest BCUT2D eigenvalue weighted by Gasteiger charge is -2.34. The number of terminal acetylenes is 2. The lowest BCUT2D eigenvalue weighted by molar-refractivity contribution is 0.0910. The summed E-state index contributed by atoms with van der Waals surface area (Å²) >= 11 is 0. The average Bonchev–Trinajstić information content (AvgIpc) is 3.93. The van der Waals surface area contributed by atoms with E-state index in [1.807, 2.05) is 48.5 Å². The van der Waals surface area contributed by atoms with E-state index in [1.165, 1.54) is 36.4 Å². The summed E-state index contributed by atoms with van der Waals surface area (Å²) in [7, 11) is 0. The van der Waals surface area contributed by atoms with Gasteiger partial charge in [-0.2, -0.15) is 0 Å². The molecule has 2 heterocycles. The van der Waals surface area contributed by atoms with Gasteiger partial charge in [0.25, 0.3) is 35.4 Å². The highest BCUT2D eigenvalue weighted by molar-refractivity contribution is 6.35. The molecule has 0 saturated heterocycles. The van der Waals surface area contributed by atoms with Gasteiger partial charge in [0.15, 0.2) is 0 Å². The minimum atomic E-state index is -0.918. The molecule has 0 unspecified atom stereocenters. The molecule has 11 rings (SSSR count). The van der Waals surface area contributed by atoms with Gasteiger partial charge in [0.2, 0.25) is 0 Å². The fourth-order valence-electron chi connectivity index (χ4n) is 9.76. The maximum Gasteiger partial charge on any atom is 0.266 e. The van der Waals surface area contributed by atoms with E-state index in [4.69, 9.17) is 12.8 Å². The van der Waals surface area contributed by atoms with E-state index in [0.717, 1.165) is 43.2 Å². The molecule has 0 radical (unpaired) electrons. The molecule has 0 bridgehead atoms. The number of nitrogens with zero attached hydrogens (tertiary/aromatic N) is 2. The lowest BCUT2D eigenvalue weighted by Crippen LogP contribution is -2.31. The Kier molecular flexibility index (Phi) is 9.82. The largest absolute Gasteiger partial charge is 0.322 e. The molecule has 6 amide bonds. The third-order valence-electron chi connectivity index (χ3n) is 12.9. The summed E-state index contributed by atoms with van der Waals surface area (Å²) in [5, 5.41) is 5.61. The van der Waals surface area contributed by atoms with Crippen LogP contribution in [0.4, 0.5) is 22.7 Å². The summed E-state index contributed by atoms with van der Waals surface area (Å²) in [6.07, 6.45) is 11.1. The van der Waals surface area contributed by atoms with Crippen LogP contribution in [0.25, 0.3) is 11.1 Å². The zero-order valence-electron chi connectivity index (χ0n) is 36.3. The van der Waals surface area contributed by atoms with Crippen molar-refractivity contribution in [3.05, 3.63) is 249 Å². The molecule has 8 aromatic rings. The standard InChI is InChI=1S/C59H34N4O6/c1-3-35-11-9-13-41(31-35)60-53(64)37-19-29-47-49(33-37)57(68)62(55(47)66)43-25-21-39(22-26-43)59(51-17-7-5-15-45(51)46-16-6-8-18-52(46)59)40-23-27-44(28-24-40)63-56(67)48-30-20-38(34-50(48)58(63)69)54(65)61-42-14-10-12-36(4-2)32-42/h1-2,5-34H,(H,60,64)(H,61,65). The van der Waals surface area contributed by atoms with Crippen LogP contribution in [0.2, 0.25) is 0 Å². The predicted octanol–water partition coefficient (Wildman–Crippen LogP) is 10.1. The van der Waals surface area contributed by atoms with Crippen molar-refractivity contribution < 1.29 is 28.8 Å². The Bertz CT molecular complexity index is 3430. The Morgan fingerprint density at radius 2 is 0.797 bits per heavy atom. The fraction of sp³-hybridized carbons (Fsp3) is 0.0169. The Balaban J connectivity index is 0.910. The van der Waals surface area contributed by atoms with Gasteiger partial charge in [-0.05, 0) is 130 Å². The summed E-state index contributed by atoms with van der Waals surface area (Å²) in [6, 6.07) is 53.3. The van der Waals surface area contributed by atoms with Crippen molar-refractivity contribution in [1.29, 1.82) is 0 Å². The number of anilines is 4. The normalized spacial score (nSPS) is 13.8. The third-order valence-corrected chi connectivity index (χ3v) is 12.9. The Morgan fingerprint density at radius 3 is 1.20 bits per heavy atom. The van der Waals surface area contributed by atoms with Crippen molar-refractivity contribution in [3.63, 3.8) is 0 Å². The van der Waals surface area contributed by atoms with Crippen molar-refractivity contribution in [2.45, 2.75) is 5.41 Å². The Hall–Kier alpha value is -9.90. The number of carbonyl (C=O) groups excluding carboxylic acids is 6. The van der Waals surface area contributed by atoms with Crippen LogP contribution >= 0.6 is 0 Å². The number of hydrogen-bond donors (Lipinski definition) is 2. The first-order valence-electron chi connectivity index (χ1n) is 21.8. The van der Waals surface area contributed by atoms with E-state index in [9.17, 15) is 28.8 Å². The molecule has 2 N–H and O–H groups in total. The van der Waals surface area contributed by atoms with Gasteiger partial charge in [-0.1, -0.05) is 96.8 Å². The van der Waals surface area contributed by atoms with Crippen molar-refractivity contribution in [1.82, 2.24) is 0 Å². The lowest BCUT2D eigenvalue weighted by atomic mass is 9.67. The summed E-state index contributed by atoms with van der Waals surface area (Å²) in [6.45, 7) is 0. The zero-order valence-corrected chi connectivity index (χ0v) is 36.3. The Labute approximate surface area is 395 Å². The monoisotopic (exact) mass is 894 g/mol. The van der Waals surface area contributed by atoms with Gasteiger partial charge in [0.05, 0.1) is 39.0 Å². The average molecular weight is 895 g/mol. The maximum atomic E-state index is 14.0. The van der Waals surface area contributed by atoms with Crippen LogP contribution in [-0.4, -0.2) is 35.4 Å². The van der Waals surface area contributed by atoms with E-state index in [1.54, 1.807) is 72.8 Å². The summed E-state index contributed by atoms with van der Waals surface area (Å²) in [4.78, 5) is 84.7. The van der Waals surface area contributed by atoms with Crippen molar-refractivity contribution in [2.75, 3.05) is 20.4 Å². The van der Waals surface area contributed by atoms with Crippen molar-refractivity contribution in [2.24, 2.45) is 0 Å². The van der Waals surface area contributed by atoms with Gasteiger partial charge in [0.1, 0.15) is 0 Å². The number of imide groups is 2. The molecule has 10 heteroatoms. The first kappa shape index (κ1) is 41.8. The number of amides is 6. The topological polar surface area (TPSA) is 133 Å². The predicted molar refractivity (Wildman–Crippen MR) is 264 cm³/mol. The molecule has 69 heavy (non-hydrogen) atoms. The van der Waals surface area contributed by atoms with Crippen LogP contribution in [0.5, 0.6) is 0 Å². The van der Waals surface area contributed by atoms with Crippen LogP contribution < -0.4 is 20.4 Å². The fourth-order valence-corrected chi connectivity index (χ4v) is 9.76. The highest BCUT2D eigenvalue weighted by atomic mass is 16.2. The van der Waals surface area contributed by atoms with Crippen LogP contribution in [0.3, 0.4) is 0 Å². The second-order valence-corrected chi connectivity index (χ2v) is 16.7. The molecule has 0 saturated carbocycles. The molecule has 10 nitrogen and oxygen atoms in total. The van der Waals surface area contributed by atoms with Gasteiger partial charge < -0.3 is 10.6 Å². The van der Waals surface area contributed by atoms with E-state index in [2.05, 4.69) is 46.7 Å². The number of carbonyl (C=O) groups is 6. The highest BCUT2D eigenvalue weighted by Crippen LogP contribution is 2.56. The molecule has 0 aromatic heterocycles. The minimum Gasteiger partial charge on any atom is -0.322 e. The number of benzene rings is 8. The quantitative estimate of drug-likeness (QED) is 0.115. The van der Waals surface area contributed by atoms with Crippen LogP contribution in [0.1, 0.15) is 95.5 Å². The van der Waals surface area contributed by atoms with E-state index in [0.29, 0.717) is 33.9 Å². The zero-order chi connectivity index (χ0) is 47.6. The van der Waals surface area contributed by atoms with E-state index >= 15 is 0 Å². The smallest absolute Gasteiger partial charge is 0.266 e. The summed E-state index contributed by atoms with van der Waals surface area (Å²) < 4.78 is 0. The molecular weight excluding hydrogens is 861 g/mol. The van der Waals surface area contributed by atoms with Crippen molar-refractivity contribution >= 4 is 58.2 Å². The molecule has 3 aliphatic rings. The van der Waals surface area contributed by atoms with Crippen LogP contribution in [0.15, 0.2) is 182 Å². The van der Waals surface area contributed by atoms with E-state index in [-0.39, 0.29) is 33.4 Å². The van der Waals surface area contributed by atoms with Gasteiger partial charge in [-0.3, -0.25) is 28.8 Å². The molecule has 8 aromatic carbocycles. The van der Waals surface area contributed by atoms with Crippen LogP contribution in [-0.2, 0) is 5.41 Å². The Morgan fingerprint density at radius 1 is 0.406 bits per heavy atom. The first-order valence-corrected chi connectivity index (χ1v) is 21.8. The number of nitrogens with one attached hydrogen (secondary N) is 2. The molecule has 1 aliphatic carbocycles. The molecule has 2 aliphatic heterocycles. The molecule has 0 fully saturated rings. The summed E-state index contributed by atoms with van der Waals surface area (Å²) in [5.41, 5.74) is 8.60. The van der Waals surface area contributed by atoms with Gasteiger partial charge >= 0.3 is 0 Å². The summed E-state index contributed by atoms with van der Waals surface area (Å²) in [5.74, 6) is 1.99. The second-order valence-electron chi connectivity index (χ2n) is 16.7. The number of rotatable bonds is 8. The molecule has 326 valence electrons. The molecule has 0 atom stereocenters. The molecular formula is C59H34N4O6. The highest BCUT2D eigenvalue weighted by Gasteiger charge is 2.47. The van der Waals surface area contributed by atoms with E-state index < -0.39 is 40.9 Å². The minimum absolute atomic E-state index is 0.107. The third kappa shape index (κ3) is 6.63. The molecule has 0 spiro atoms. The van der Waals surface area contributed by atoms with Crippen LogP contribution in [0, 0.1) is 24.7 Å². The number of fused-ring (bicyclic) bond motifs is 5. The second kappa shape index (κ2) is 16.2. The first-order chi connectivity index (χ1) is 33.6.